The lowest BCUT2D eigenvalue weighted by atomic mass is 9.59. The molecule has 1 heterocycles. The predicted octanol–water partition coefficient (Wildman–Crippen LogP) is 0.962. The minimum atomic E-state index is -0.320. The Hall–Kier alpha value is -0.120. The first kappa shape index (κ1) is 11.4. The molecule has 1 spiro atoms. The zero-order chi connectivity index (χ0) is 10.9. The van der Waals surface area contributed by atoms with Crippen LogP contribution in [0.25, 0.3) is 0 Å². The van der Waals surface area contributed by atoms with Crippen molar-refractivity contribution in [2.75, 3.05) is 26.7 Å². The topological polar surface area (TPSA) is 49.5 Å². The van der Waals surface area contributed by atoms with Crippen LogP contribution in [0.3, 0.4) is 0 Å². The molecule has 15 heavy (non-hydrogen) atoms. The molecule has 2 rings (SSSR count). The third-order valence-corrected chi connectivity index (χ3v) is 4.66. The first-order chi connectivity index (χ1) is 7.12. The second-order valence-corrected chi connectivity index (χ2v) is 5.64. The first-order valence-electron chi connectivity index (χ1n) is 6.20. The minimum Gasteiger partial charge on any atom is -0.394 e. The normalized spacial score (nSPS) is 37.0. The number of aliphatic hydroxyl groups is 1. The molecule has 1 saturated carbocycles. The molecule has 2 fully saturated rings. The SMILES string of the molecule is CN1CCC(N)(CO)C2(CCCCC2)C1. The number of hydrogen-bond donors (Lipinski definition) is 2. The average Bonchev–Trinajstić information content (AvgIpc) is 2.26. The Morgan fingerprint density at radius 2 is 1.87 bits per heavy atom. The summed E-state index contributed by atoms with van der Waals surface area (Å²) in [5.41, 5.74) is 6.32. The molecular weight excluding hydrogens is 188 g/mol. The maximum Gasteiger partial charge on any atom is 0.0617 e. The van der Waals surface area contributed by atoms with Gasteiger partial charge in [-0.3, -0.25) is 0 Å². The molecule has 3 nitrogen and oxygen atoms in total. The number of aliphatic hydroxyl groups excluding tert-OH is 1. The Morgan fingerprint density at radius 1 is 1.20 bits per heavy atom. The summed E-state index contributed by atoms with van der Waals surface area (Å²) in [6, 6.07) is 0. The molecule has 0 bridgehead atoms. The summed E-state index contributed by atoms with van der Waals surface area (Å²) in [7, 11) is 2.17. The van der Waals surface area contributed by atoms with Crippen molar-refractivity contribution in [2.45, 2.75) is 44.1 Å². The Balaban J connectivity index is 2.21. The van der Waals surface area contributed by atoms with Gasteiger partial charge in [-0.05, 0) is 32.9 Å². The van der Waals surface area contributed by atoms with E-state index in [1.165, 1.54) is 32.1 Å². The second-order valence-electron chi connectivity index (χ2n) is 5.64. The molecule has 1 aliphatic carbocycles. The van der Waals surface area contributed by atoms with Gasteiger partial charge >= 0.3 is 0 Å². The van der Waals surface area contributed by atoms with Gasteiger partial charge in [0.1, 0.15) is 0 Å². The van der Waals surface area contributed by atoms with Crippen LogP contribution in [0.4, 0.5) is 0 Å². The van der Waals surface area contributed by atoms with Crippen LogP contribution in [0.15, 0.2) is 0 Å². The molecule has 3 heteroatoms. The van der Waals surface area contributed by atoms with Crippen LogP contribution in [-0.2, 0) is 0 Å². The highest BCUT2D eigenvalue weighted by Gasteiger charge is 2.51. The van der Waals surface area contributed by atoms with E-state index in [0.29, 0.717) is 0 Å². The van der Waals surface area contributed by atoms with E-state index < -0.39 is 0 Å². The maximum atomic E-state index is 9.61. The van der Waals surface area contributed by atoms with E-state index in [0.717, 1.165) is 19.5 Å². The van der Waals surface area contributed by atoms with E-state index in [4.69, 9.17) is 5.73 Å². The van der Waals surface area contributed by atoms with Crippen LogP contribution in [-0.4, -0.2) is 42.3 Å². The Morgan fingerprint density at radius 3 is 2.47 bits per heavy atom. The van der Waals surface area contributed by atoms with Crippen LogP contribution in [0.2, 0.25) is 0 Å². The zero-order valence-electron chi connectivity index (χ0n) is 9.84. The van der Waals surface area contributed by atoms with E-state index in [1.807, 2.05) is 0 Å². The highest BCUT2D eigenvalue weighted by Crippen LogP contribution is 2.47. The second kappa shape index (κ2) is 4.04. The van der Waals surface area contributed by atoms with E-state index in [9.17, 15) is 5.11 Å². The molecule has 0 aromatic heterocycles. The molecule has 0 amide bonds. The molecule has 88 valence electrons. The number of hydrogen-bond acceptors (Lipinski definition) is 3. The summed E-state index contributed by atoms with van der Waals surface area (Å²) in [6.07, 6.45) is 7.26. The van der Waals surface area contributed by atoms with Crippen molar-refractivity contribution in [3.05, 3.63) is 0 Å². The Bertz CT molecular complexity index is 226. The molecule has 1 atom stereocenters. The number of nitrogens with zero attached hydrogens (tertiary/aromatic N) is 1. The fourth-order valence-electron chi connectivity index (χ4n) is 3.54. The van der Waals surface area contributed by atoms with Crippen molar-refractivity contribution in [1.82, 2.24) is 4.90 Å². The van der Waals surface area contributed by atoms with Gasteiger partial charge in [0.15, 0.2) is 0 Å². The molecule has 3 N–H and O–H groups in total. The van der Waals surface area contributed by atoms with Gasteiger partial charge in [-0.25, -0.2) is 0 Å². The van der Waals surface area contributed by atoms with Crippen LogP contribution in [0.5, 0.6) is 0 Å². The van der Waals surface area contributed by atoms with Gasteiger partial charge < -0.3 is 15.7 Å². The van der Waals surface area contributed by atoms with E-state index in [-0.39, 0.29) is 17.6 Å². The van der Waals surface area contributed by atoms with Crippen molar-refractivity contribution < 1.29 is 5.11 Å². The minimum absolute atomic E-state index is 0.154. The molecular formula is C12H24N2O. The molecule has 1 aliphatic heterocycles. The van der Waals surface area contributed by atoms with E-state index in [1.54, 1.807) is 0 Å². The number of piperidine rings is 1. The monoisotopic (exact) mass is 212 g/mol. The van der Waals surface area contributed by atoms with Crippen LogP contribution < -0.4 is 5.73 Å². The smallest absolute Gasteiger partial charge is 0.0617 e. The van der Waals surface area contributed by atoms with Crippen molar-refractivity contribution in [3.63, 3.8) is 0 Å². The summed E-state index contributed by atoms with van der Waals surface area (Å²) in [6.45, 7) is 2.25. The summed E-state index contributed by atoms with van der Waals surface area (Å²) >= 11 is 0. The number of nitrogens with two attached hydrogens (primary N) is 1. The summed E-state index contributed by atoms with van der Waals surface area (Å²) < 4.78 is 0. The van der Waals surface area contributed by atoms with Gasteiger partial charge in [0.05, 0.1) is 6.61 Å². The van der Waals surface area contributed by atoms with Crippen LogP contribution >= 0.6 is 0 Å². The van der Waals surface area contributed by atoms with Crippen LogP contribution in [0.1, 0.15) is 38.5 Å². The standard InChI is InChI=1S/C12H24N2O/c1-14-8-7-12(13,10-15)11(9-14)5-3-2-4-6-11/h15H,2-10,13H2,1H3. The third kappa shape index (κ3) is 1.81. The summed E-state index contributed by atoms with van der Waals surface area (Å²) in [5, 5.41) is 9.61. The fourth-order valence-corrected chi connectivity index (χ4v) is 3.54. The molecule has 0 radical (unpaired) electrons. The zero-order valence-corrected chi connectivity index (χ0v) is 9.84. The number of rotatable bonds is 1. The predicted molar refractivity (Wildman–Crippen MR) is 61.6 cm³/mol. The van der Waals surface area contributed by atoms with E-state index >= 15 is 0 Å². The first-order valence-corrected chi connectivity index (χ1v) is 6.20. The molecule has 2 aliphatic rings. The Labute approximate surface area is 92.6 Å². The fraction of sp³-hybridized carbons (Fsp3) is 1.00. The van der Waals surface area contributed by atoms with Gasteiger partial charge in [-0.15, -0.1) is 0 Å². The molecule has 0 aromatic carbocycles. The average molecular weight is 212 g/mol. The van der Waals surface area contributed by atoms with Gasteiger partial charge in [0.2, 0.25) is 0 Å². The largest absolute Gasteiger partial charge is 0.394 e. The van der Waals surface area contributed by atoms with Gasteiger partial charge in [0.25, 0.3) is 0 Å². The number of likely N-dealkylation sites (tertiary alicyclic amines) is 1. The lowest BCUT2D eigenvalue weighted by Gasteiger charge is -2.55. The lowest BCUT2D eigenvalue weighted by molar-refractivity contribution is -0.0418. The Kier molecular flexibility index (Phi) is 3.06. The molecule has 0 aromatic rings. The van der Waals surface area contributed by atoms with E-state index in [2.05, 4.69) is 11.9 Å². The quantitative estimate of drug-likeness (QED) is 0.681. The van der Waals surface area contributed by atoms with Gasteiger partial charge in [-0.2, -0.15) is 0 Å². The summed E-state index contributed by atoms with van der Waals surface area (Å²) in [4.78, 5) is 2.38. The lowest BCUT2D eigenvalue weighted by Crippen LogP contribution is -2.66. The van der Waals surface area contributed by atoms with Gasteiger partial charge in [-0.1, -0.05) is 19.3 Å². The van der Waals surface area contributed by atoms with Crippen molar-refractivity contribution in [2.24, 2.45) is 11.1 Å². The third-order valence-electron chi connectivity index (χ3n) is 4.66. The van der Waals surface area contributed by atoms with Crippen molar-refractivity contribution in [1.29, 1.82) is 0 Å². The highest BCUT2D eigenvalue weighted by atomic mass is 16.3. The maximum absolute atomic E-state index is 9.61. The van der Waals surface area contributed by atoms with Crippen molar-refractivity contribution >= 4 is 0 Å². The summed E-state index contributed by atoms with van der Waals surface area (Å²) in [5.74, 6) is 0. The highest BCUT2D eigenvalue weighted by molar-refractivity contribution is 5.07. The molecule has 1 saturated heterocycles. The van der Waals surface area contributed by atoms with Gasteiger partial charge in [0, 0.05) is 17.5 Å². The molecule has 1 unspecified atom stereocenters. The van der Waals surface area contributed by atoms with Crippen molar-refractivity contribution in [3.8, 4) is 0 Å². The van der Waals surface area contributed by atoms with Crippen LogP contribution in [0, 0.1) is 5.41 Å².